The predicted molar refractivity (Wildman–Crippen MR) is 97.4 cm³/mol. The number of carbonyl (C=O) groups excluding carboxylic acids is 2. The van der Waals surface area contributed by atoms with Gasteiger partial charge in [-0.3, -0.25) is 14.6 Å². The fraction of sp³-hybridized carbons (Fsp3) is 0.381. The number of hydrogen-bond donors (Lipinski definition) is 1. The van der Waals surface area contributed by atoms with Gasteiger partial charge in [-0.25, -0.2) is 0 Å². The van der Waals surface area contributed by atoms with E-state index in [0.29, 0.717) is 13.0 Å². The summed E-state index contributed by atoms with van der Waals surface area (Å²) in [6.07, 6.45) is 7.22. The van der Waals surface area contributed by atoms with Gasteiger partial charge in [-0.2, -0.15) is 0 Å². The lowest BCUT2D eigenvalue weighted by molar-refractivity contribution is -0.140. The van der Waals surface area contributed by atoms with Crippen LogP contribution in [0.25, 0.3) is 0 Å². The first-order valence-corrected chi connectivity index (χ1v) is 9.33. The summed E-state index contributed by atoms with van der Waals surface area (Å²) in [7, 11) is 0. The molecule has 1 aromatic carbocycles. The van der Waals surface area contributed by atoms with E-state index in [9.17, 15) is 9.59 Å². The van der Waals surface area contributed by atoms with Gasteiger partial charge in [-0.05, 0) is 42.5 Å². The first-order chi connectivity index (χ1) is 12.7. The normalized spacial score (nSPS) is 27.3. The quantitative estimate of drug-likeness (QED) is 0.908. The van der Waals surface area contributed by atoms with Crippen molar-refractivity contribution in [1.29, 1.82) is 0 Å². The Hall–Kier alpha value is -2.69. The van der Waals surface area contributed by atoms with Crippen molar-refractivity contribution in [3.63, 3.8) is 0 Å². The molecule has 1 saturated heterocycles. The summed E-state index contributed by atoms with van der Waals surface area (Å²) in [4.78, 5) is 32.5. The predicted octanol–water partition coefficient (Wildman–Crippen LogP) is 3.05. The van der Waals surface area contributed by atoms with Crippen molar-refractivity contribution in [2.75, 3.05) is 11.9 Å². The highest BCUT2D eigenvalue weighted by Gasteiger charge is 2.59. The van der Waals surface area contributed by atoms with E-state index in [2.05, 4.69) is 10.3 Å². The molecule has 1 saturated carbocycles. The number of carbonyl (C=O) groups is 2. The lowest BCUT2D eigenvalue weighted by Crippen LogP contribution is -2.45. The molecule has 1 spiro atoms. The van der Waals surface area contributed by atoms with Crippen molar-refractivity contribution in [3.8, 4) is 0 Å². The van der Waals surface area contributed by atoms with Crippen LogP contribution in [0, 0.1) is 5.92 Å². The molecule has 0 radical (unpaired) electrons. The zero-order valence-electron chi connectivity index (χ0n) is 14.5. The van der Waals surface area contributed by atoms with Crippen LogP contribution in [0.5, 0.6) is 0 Å². The van der Waals surface area contributed by atoms with Gasteiger partial charge in [-0.1, -0.05) is 30.7 Å². The first-order valence-electron chi connectivity index (χ1n) is 9.33. The largest absolute Gasteiger partial charge is 0.334 e. The molecule has 3 aliphatic rings. The molecule has 2 aromatic rings. The number of rotatable bonds is 2. The van der Waals surface area contributed by atoms with Crippen molar-refractivity contribution in [2.24, 2.45) is 5.92 Å². The molecule has 2 atom stereocenters. The van der Waals surface area contributed by atoms with Crippen LogP contribution in [0.1, 0.15) is 42.9 Å². The third-order valence-electron chi connectivity index (χ3n) is 6.32. The minimum absolute atomic E-state index is 0.00328. The van der Waals surface area contributed by atoms with Gasteiger partial charge in [0.05, 0.1) is 6.04 Å². The van der Waals surface area contributed by atoms with Crippen LogP contribution in [0.3, 0.4) is 0 Å². The Morgan fingerprint density at radius 3 is 2.77 bits per heavy atom. The Balaban J connectivity index is 1.66. The SMILES string of the molecule is O=C(C1CCC1)N1CCC2(C(=O)Nc3ccccc32)C1c1cccnc1. The summed E-state index contributed by atoms with van der Waals surface area (Å²) in [5.74, 6) is 0.305. The maximum absolute atomic E-state index is 13.2. The molecule has 2 fully saturated rings. The van der Waals surface area contributed by atoms with Crippen LogP contribution in [-0.4, -0.2) is 28.2 Å². The van der Waals surface area contributed by atoms with Gasteiger partial charge in [0, 0.05) is 30.5 Å². The molecule has 1 aliphatic carbocycles. The zero-order chi connectivity index (χ0) is 17.7. The molecule has 132 valence electrons. The summed E-state index contributed by atoms with van der Waals surface area (Å²) in [6, 6.07) is 11.4. The van der Waals surface area contributed by atoms with Crippen molar-refractivity contribution >= 4 is 17.5 Å². The minimum atomic E-state index is -0.723. The number of anilines is 1. The highest BCUT2D eigenvalue weighted by Crippen LogP contribution is 2.55. The molecule has 2 unspecified atom stereocenters. The van der Waals surface area contributed by atoms with Gasteiger partial charge < -0.3 is 10.2 Å². The van der Waals surface area contributed by atoms with E-state index >= 15 is 0 Å². The molecule has 2 aliphatic heterocycles. The minimum Gasteiger partial charge on any atom is -0.334 e. The molecule has 5 nitrogen and oxygen atoms in total. The van der Waals surface area contributed by atoms with Gasteiger partial charge in [0.2, 0.25) is 11.8 Å². The second-order valence-electron chi connectivity index (χ2n) is 7.57. The lowest BCUT2D eigenvalue weighted by Gasteiger charge is -2.37. The van der Waals surface area contributed by atoms with Gasteiger partial charge >= 0.3 is 0 Å². The smallest absolute Gasteiger partial charge is 0.237 e. The van der Waals surface area contributed by atoms with Gasteiger partial charge in [0.25, 0.3) is 0 Å². The maximum atomic E-state index is 13.2. The first kappa shape index (κ1) is 15.6. The fourth-order valence-corrected chi connectivity index (χ4v) is 4.81. The Morgan fingerprint density at radius 1 is 1.19 bits per heavy atom. The van der Waals surface area contributed by atoms with Crippen LogP contribution in [0.2, 0.25) is 0 Å². The van der Waals surface area contributed by atoms with Gasteiger partial charge in [-0.15, -0.1) is 0 Å². The Labute approximate surface area is 152 Å². The molecular weight excluding hydrogens is 326 g/mol. The molecule has 3 heterocycles. The van der Waals surface area contributed by atoms with E-state index in [1.807, 2.05) is 41.3 Å². The number of likely N-dealkylation sites (tertiary alicyclic amines) is 1. The molecule has 1 N–H and O–H groups in total. The molecule has 26 heavy (non-hydrogen) atoms. The summed E-state index contributed by atoms with van der Waals surface area (Å²) < 4.78 is 0. The number of amides is 2. The van der Waals surface area contributed by atoms with E-state index in [1.165, 1.54) is 0 Å². The Kier molecular flexibility index (Phi) is 3.39. The summed E-state index contributed by atoms with van der Waals surface area (Å²) in [5, 5.41) is 3.05. The number of pyridine rings is 1. The van der Waals surface area contributed by atoms with Gasteiger partial charge in [0.1, 0.15) is 5.41 Å². The van der Waals surface area contributed by atoms with Crippen LogP contribution in [0.4, 0.5) is 5.69 Å². The number of hydrogen-bond acceptors (Lipinski definition) is 3. The van der Waals surface area contributed by atoms with Crippen LogP contribution in [-0.2, 0) is 15.0 Å². The topological polar surface area (TPSA) is 62.3 Å². The molecular formula is C21H21N3O2. The van der Waals surface area contributed by atoms with E-state index in [4.69, 9.17) is 0 Å². The van der Waals surface area contributed by atoms with Crippen LogP contribution >= 0.6 is 0 Å². The number of nitrogens with one attached hydrogen (secondary N) is 1. The second-order valence-corrected chi connectivity index (χ2v) is 7.57. The Morgan fingerprint density at radius 2 is 2.04 bits per heavy atom. The zero-order valence-corrected chi connectivity index (χ0v) is 14.5. The molecule has 1 aromatic heterocycles. The lowest BCUT2D eigenvalue weighted by atomic mass is 9.72. The van der Waals surface area contributed by atoms with Crippen LogP contribution in [0.15, 0.2) is 48.8 Å². The number of benzene rings is 1. The van der Waals surface area contributed by atoms with Crippen molar-refractivity contribution < 1.29 is 9.59 Å². The average Bonchev–Trinajstić information content (AvgIpc) is 3.15. The monoisotopic (exact) mass is 347 g/mol. The van der Waals surface area contributed by atoms with Crippen molar-refractivity contribution in [1.82, 2.24) is 9.88 Å². The van der Waals surface area contributed by atoms with E-state index in [1.54, 1.807) is 12.4 Å². The van der Waals surface area contributed by atoms with Gasteiger partial charge in [0.15, 0.2) is 0 Å². The highest BCUT2D eigenvalue weighted by atomic mass is 16.2. The Bertz CT molecular complexity index is 878. The fourth-order valence-electron chi connectivity index (χ4n) is 4.81. The summed E-state index contributed by atoms with van der Waals surface area (Å²) in [5.41, 5.74) is 2.08. The number of aromatic nitrogens is 1. The third-order valence-corrected chi connectivity index (χ3v) is 6.32. The van der Waals surface area contributed by atoms with Crippen LogP contribution < -0.4 is 5.32 Å². The number of fused-ring (bicyclic) bond motifs is 2. The van der Waals surface area contributed by atoms with Crippen molar-refractivity contribution in [3.05, 3.63) is 59.9 Å². The molecule has 5 heteroatoms. The molecule has 5 rings (SSSR count). The molecule has 2 amide bonds. The maximum Gasteiger partial charge on any atom is 0.237 e. The number of nitrogens with zero attached hydrogens (tertiary/aromatic N) is 2. The number of para-hydroxylation sites is 1. The highest BCUT2D eigenvalue weighted by molar-refractivity contribution is 6.07. The molecule has 0 bridgehead atoms. The average molecular weight is 347 g/mol. The summed E-state index contributed by atoms with van der Waals surface area (Å²) in [6.45, 7) is 0.608. The van der Waals surface area contributed by atoms with E-state index in [-0.39, 0.29) is 23.8 Å². The van der Waals surface area contributed by atoms with E-state index in [0.717, 1.165) is 36.1 Å². The third kappa shape index (κ3) is 2.00. The van der Waals surface area contributed by atoms with E-state index < -0.39 is 5.41 Å². The summed E-state index contributed by atoms with van der Waals surface area (Å²) >= 11 is 0. The second kappa shape index (κ2) is 5.66. The van der Waals surface area contributed by atoms with Crippen molar-refractivity contribution in [2.45, 2.75) is 37.1 Å². The standard InChI is InChI=1S/C21H21N3O2/c25-19(14-5-3-6-14)24-12-10-21(18(24)15-7-4-11-22-13-15)16-8-1-2-9-17(16)23-20(21)26/h1-2,4,7-9,11,13-14,18H,3,5-6,10,12H2,(H,23,26).